The molecular formula is C49H35NS. The number of thiophene rings is 1. The van der Waals surface area contributed by atoms with Crippen LogP contribution in [0.3, 0.4) is 0 Å². The molecule has 2 heteroatoms. The van der Waals surface area contributed by atoms with Crippen molar-refractivity contribution in [3.05, 3.63) is 187 Å². The Hall–Kier alpha value is -5.96. The van der Waals surface area contributed by atoms with Crippen molar-refractivity contribution in [2.45, 2.75) is 19.3 Å². The molecule has 0 N–H and O–H groups in total. The molecular weight excluding hydrogens is 635 g/mol. The molecule has 1 nitrogen and oxygen atoms in total. The predicted octanol–water partition coefficient (Wildman–Crippen LogP) is 14.3. The summed E-state index contributed by atoms with van der Waals surface area (Å²) in [5.74, 6) is 0. The number of benzene rings is 8. The Morgan fingerprint density at radius 2 is 1.06 bits per heavy atom. The Bertz CT molecular complexity index is 2760. The maximum absolute atomic E-state index is 2.49. The third-order valence-electron chi connectivity index (χ3n) is 10.9. The third kappa shape index (κ3) is 4.67. The molecule has 1 aliphatic carbocycles. The molecule has 0 spiro atoms. The maximum atomic E-state index is 2.49. The summed E-state index contributed by atoms with van der Waals surface area (Å²) in [5, 5.41) is 5.17. The largest absolute Gasteiger partial charge is 0.310 e. The summed E-state index contributed by atoms with van der Waals surface area (Å²) in [5.41, 5.74) is 13.8. The van der Waals surface area contributed by atoms with Crippen molar-refractivity contribution >= 4 is 59.3 Å². The number of rotatable bonds is 5. The van der Waals surface area contributed by atoms with Crippen molar-refractivity contribution in [2.24, 2.45) is 0 Å². The molecule has 1 aliphatic rings. The van der Waals surface area contributed by atoms with E-state index in [4.69, 9.17) is 0 Å². The molecule has 0 radical (unpaired) electrons. The smallest absolute Gasteiger partial charge is 0.0554 e. The van der Waals surface area contributed by atoms with Gasteiger partial charge in [-0.2, -0.15) is 0 Å². The zero-order chi connectivity index (χ0) is 34.1. The molecule has 8 aromatic carbocycles. The Labute approximate surface area is 302 Å². The number of nitrogens with zero attached hydrogens (tertiary/aromatic N) is 1. The lowest BCUT2D eigenvalue weighted by atomic mass is 9.82. The lowest BCUT2D eigenvalue weighted by Crippen LogP contribution is -2.16. The topological polar surface area (TPSA) is 3.24 Å². The van der Waals surface area contributed by atoms with Gasteiger partial charge in [-0.05, 0) is 92.4 Å². The normalized spacial score (nSPS) is 13.1. The summed E-state index contributed by atoms with van der Waals surface area (Å²) in [6.45, 7) is 4.73. The molecule has 0 bridgehead atoms. The molecule has 0 aliphatic heterocycles. The van der Waals surface area contributed by atoms with Crippen molar-refractivity contribution in [3.8, 4) is 33.4 Å². The summed E-state index contributed by atoms with van der Waals surface area (Å²) < 4.78 is 2.62. The first-order valence-electron chi connectivity index (χ1n) is 17.7. The second kappa shape index (κ2) is 11.6. The summed E-state index contributed by atoms with van der Waals surface area (Å²) in [4.78, 5) is 2.49. The van der Waals surface area contributed by atoms with Crippen LogP contribution in [0, 0.1) is 0 Å². The molecule has 51 heavy (non-hydrogen) atoms. The highest BCUT2D eigenvalue weighted by molar-refractivity contribution is 7.26. The van der Waals surface area contributed by atoms with Gasteiger partial charge in [0.2, 0.25) is 0 Å². The van der Waals surface area contributed by atoms with Gasteiger partial charge in [-0.3, -0.25) is 0 Å². The lowest BCUT2D eigenvalue weighted by Gasteiger charge is -2.29. The molecule has 0 saturated carbocycles. The molecule has 0 atom stereocenters. The van der Waals surface area contributed by atoms with Gasteiger partial charge in [-0.15, -0.1) is 11.3 Å². The maximum Gasteiger partial charge on any atom is 0.0554 e. The van der Waals surface area contributed by atoms with Gasteiger partial charge < -0.3 is 4.90 Å². The van der Waals surface area contributed by atoms with E-state index in [-0.39, 0.29) is 5.41 Å². The average molecular weight is 670 g/mol. The minimum Gasteiger partial charge on any atom is -0.310 e. The van der Waals surface area contributed by atoms with Crippen LogP contribution in [0.25, 0.3) is 64.3 Å². The Kier molecular flexibility index (Phi) is 6.78. The Balaban J connectivity index is 1.24. The van der Waals surface area contributed by atoms with E-state index in [1.807, 2.05) is 11.3 Å². The molecule has 1 aromatic heterocycles. The molecule has 10 rings (SSSR count). The van der Waals surface area contributed by atoms with Gasteiger partial charge in [-0.1, -0.05) is 147 Å². The van der Waals surface area contributed by atoms with E-state index >= 15 is 0 Å². The number of hydrogen-bond donors (Lipinski definition) is 0. The Morgan fingerprint density at radius 1 is 0.431 bits per heavy atom. The second-order valence-corrected chi connectivity index (χ2v) is 15.2. The summed E-state index contributed by atoms with van der Waals surface area (Å²) in [7, 11) is 0. The quantitative estimate of drug-likeness (QED) is 0.176. The number of anilines is 3. The first kappa shape index (κ1) is 29.9. The van der Waals surface area contributed by atoms with Gasteiger partial charge >= 0.3 is 0 Å². The summed E-state index contributed by atoms with van der Waals surface area (Å²) >= 11 is 1.90. The van der Waals surface area contributed by atoms with Gasteiger partial charge in [-0.25, -0.2) is 0 Å². The van der Waals surface area contributed by atoms with Crippen LogP contribution in [0.4, 0.5) is 17.1 Å². The average Bonchev–Trinajstić information content (AvgIpc) is 3.68. The third-order valence-corrected chi connectivity index (χ3v) is 12.1. The fourth-order valence-corrected chi connectivity index (χ4v) is 9.61. The van der Waals surface area contributed by atoms with Gasteiger partial charge in [0.05, 0.1) is 5.69 Å². The number of fused-ring (bicyclic) bond motifs is 8. The molecule has 1 heterocycles. The number of hydrogen-bond acceptors (Lipinski definition) is 2. The van der Waals surface area contributed by atoms with E-state index in [0.717, 1.165) is 11.4 Å². The van der Waals surface area contributed by atoms with Crippen LogP contribution in [0.2, 0.25) is 0 Å². The minimum absolute atomic E-state index is 0.102. The second-order valence-electron chi connectivity index (χ2n) is 14.1. The van der Waals surface area contributed by atoms with Crippen molar-refractivity contribution in [3.63, 3.8) is 0 Å². The summed E-state index contributed by atoms with van der Waals surface area (Å²) in [6.07, 6.45) is 0. The zero-order valence-electron chi connectivity index (χ0n) is 28.6. The lowest BCUT2D eigenvalue weighted by molar-refractivity contribution is 0.660. The molecule has 0 saturated heterocycles. The molecule has 0 amide bonds. The van der Waals surface area contributed by atoms with Crippen LogP contribution >= 0.6 is 11.3 Å². The Morgan fingerprint density at radius 3 is 1.84 bits per heavy atom. The van der Waals surface area contributed by atoms with Crippen LogP contribution in [-0.4, -0.2) is 0 Å². The highest BCUT2D eigenvalue weighted by Gasteiger charge is 2.36. The standard InChI is InChI=1S/C49H35NS/c1-49(2)43-21-12-11-19-38(43)39-29-28-36(30-44(39)49)50(35-26-24-33(25-27-35)32-14-5-3-6-15-32)45-22-13-23-46-47(45)42-31-41(34-16-7-4-8-17-34)37-18-9-10-20-40(37)48(42)51-46/h3-31H,1-2H3. The highest BCUT2D eigenvalue weighted by atomic mass is 32.1. The van der Waals surface area contributed by atoms with Gasteiger partial charge in [0, 0.05) is 42.3 Å². The van der Waals surface area contributed by atoms with Crippen LogP contribution < -0.4 is 4.90 Å². The molecule has 9 aromatic rings. The fraction of sp³-hybridized carbons (Fsp3) is 0.0612. The van der Waals surface area contributed by atoms with Gasteiger partial charge in [0.1, 0.15) is 0 Å². The van der Waals surface area contributed by atoms with Crippen LogP contribution in [0.1, 0.15) is 25.0 Å². The summed E-state index contributed by atoms with van der Waals surface area (Å²) in [6, 6.07) is 64.7. The van der Waals surface area contributed by atoms with E-state index in [1.54, 1.807) is 0 Å². The minimum atomic E-state index is -0.102. The first-order valence-corrected chi connectivity index (χ1v) is 18.5. The molecule has 242 valence electrons. The van der Waals surface area contributed by atoms with E-state index in [0.29, 0.717) is 0 Å². The monoisotopic (exact) mass is 669 g/mol. The van der Waals surface area contributed by atoms with E-state index in [1.165, 1.54) is 81.1 Å². The highest BCUT2D eigenvalue weighted by Crippen LogP contribution is 2.52. The fourth-order valence-electron chi connectivity index (χ4n) is 8.36. The SMILES string of the molecule is CC1(C)c2ccccc2-c2ccc(N(c3ccc(-c4ccccc4)cc3)c3cccc4sc5c6ccccc6c(-c6ccccc6)cc5c34)cc21. The van der Waals surface area contributed by atoms with Gasteiger partial charge in [0.15, 0.2) is 0 Å². The molecule has 0 unspecified atom stereocenters. The van der Waals surface area contributed by atoms with E-state index < -0.39 is 0 Å². The van der Waals surface area contributed by atoms with E-state index in [2.05, 4.69) is 195 Å². The zero-order valence-corrected chi connectivity index (χ0v) is 29.4. The van der Waals surface area contributed by atoms with Gasteiger partial charge in [0.25, 0.3) is 0 Å². The van der Waals surface area contributed by atoms with E-state index in [9.17, 15) is 0 Å². The van der Waals surface area contributed by atoms with Crippen LogP contribution in [-0.2, 0) is 5.41 Å². The predicted molar refractivity (Wildman–Crippen MR) is 220 cm³/mol. The van der Waals surface area contributed by atoms with Crippen molar-refractivity contribution in [1.29, 1.82) is 0 Å². The van der Waals surface area contributed by atoms with Crippen LogP contribution in [0.5, 0.6) is 0 Å². The van der Waals surface area contributed by atoms with Crippen molar-refractivity contribution in [1.82, 2.24) is 0 Å². The van der Waals surface area contributed by atoms with Crippen molar-refractivity contribution in [2.75, 3.05) is 4.90 Å². The molecule has 0 fully saturated rings. The van der Waals surface area contributed by atoms with Crippen LogP contribution in [0.15, 0.2) is 176 Å². The van der Waals surface area contributed by atoms with Crippen molar-refractivity contribution < 1.29 is 0 Å². The first-order chi connectivity index (χ1) is 25.1.